The average Bonchev–Trinajstić information content (AvgIpc) is 2.07. The first-order valence-electron chi connectivity index (χ1n) is 4.01. The van der Waals surface area contributed by atoms with Crippen LogP contribution in [0.15, 0.2) is 12.1 Å². The van der Waals surface area contributed by atoms with Crippen LogP contribution in [0.1, 0.15) is 11.3 Å². The maximum Gasteiger partial charge on any atom is 0.574 e. The predicted molar refractivity (Wildman–Crippen MR) is 45.0 cm³/mol. The van der Waals surface area contributed by atoms with Crippen LogP contribution >= 0.6 is 0 Å². The number of aromatic nitrogens is 1. The van der Waals surface area contributed by atoms with Gasteiger partial charge in [-0.15, -0.1) is 13.2 Å². The standard InChI is InChI=1S/C9H7F3N2O/c1-6-7(4-5-13)2-3-8(14-6)15-9(10,11)12/h2-3H,4H2,1H3. The zero-order valence-corrected chi connectivity index (χ0v) is 7.80. The lowest BCUT2D eigenvalue weighted by atomic mass is 10.1. The predicted octanol–water partition coefficient (Wildman–Crippen LogP) is 2.35. The Balaban J connectivity index is 2.88. The summed E-state index contributed by atoms with van der Waals surface area (Å²) in [6.07, 6.45) is -4.62. The number of hydrogen-bond acceptors (Lipinski definition) is 3. The molecule has 15 heavy (non-hydrogen) atoms. The molecule has 0 aromatic carbocycles. The van der Waals surface area contributed by atoms with Gasteiger partial charge in [-0.2, -0.15) is 5.26 Å². The maximum atomic E-state index is 11.8. The highest BCUT2D eigenvalue weighted by Crippen LogP contribution is 2.21. The Bertz CT molecular complexity index is 395. The number of ether oxygens (including phenoxy) is 1. The van der Waals surface area contributed by atoms with Crippen LogP contribution in [0.25, 0.3) is 0 Å². The normalized spacial score (nSPS) is 10.9. The van der Waals surface area contributed by atoms with Crippen molar-refractivity contribution in [3.63, 3.8) is 0 Å². The summed E-state index contributed by atoms with van der Waals surface area (Å²) >= 11 is 0. The number of nitriles is 1. The molecule has 0 aliphatic rings. The van der Waals surface area contributed by atoms with Crippen molar-refractivity contribution in [3.8, 4) is 11.9 Å². The highest BCUT2D eigenvalue weighted by molar-refractivity contribution is 5.27. The molecule has 0 unspecified atom stereocenters. The van der Waals surface area contributed by atoms with Gasteiger partial charge in [-0.3, -0.25) is 0 Å². The molecule has 0 atom stereocenters. The average molecular weight is 216 g/mol. The lowest BCUT2D eigenvalue weighted by Crippen LogP contribution is -2.18. The van der Waals surface area contributed by atoms with E-state index in [1.54, 1.807) is 0 Å². The molecule has 1 aromatic heterocycles. The van der Waals surface area contributed by atoms with Gasteiger partial charge < -0.3 is 4.74 Å². The van der Waals surface area contributed by atoms with Gasteiger partial charge in [0.2, 0.25) is 5.88 Å². The summed E-state index contributed by atoms with van der Waals surface area (Å²) in [6, 6.07) is 4.38. The Morgan fingerprint density at radius 1 is 1.47 bits per heavy atom. The second kappa shape index (κ2) is 4.17. The number of nitrogens with zero attached hydrogens (tertiary/aromatic N) is 2. The third kappa shape index (κ3) is 3.46. The number of alkyl halides is 3. The summed E-state index contributed by atoms with van der Waals surface area (Å²) in [6.45, 7) is 1.52. The molecule has 0 saturated heterocycles. The highest BCUT2D eigenvalue weighted by atomic mass is 19.4. The smallest absolute Gasteiger partial charge is 0.388 e. The van der Waals surface area contributed by atoms with Gasteiger partial charge in [0.05, 0.1) is 12.5 Å². The molecule has 1 rings (SSSR count). The molecule has 0 spiro atoms. The molecule has 0 radical (unpaired) electrons. The van der Waals surface area contributed by atoms with Gasteiger partial charge in [0, 0.05) is 11.8 Å². The van der Waals surface area contributed by atoms with Crippen molar-refractivity contribution < 1.29 is 17.9 Å². The van der Waals surface area contributed by atoms with E-state index in [0.29, 0.717) is 11.3 Å². The zero-order chi connectivity index (χ0) is 11.5. The number of aryl methyl sites for hydroxylation is 1. The molecule has 80 valence electrons. The van der Waals surface area contributed by atoms with E-state index in [1.807, 2.05) is 6.07 Å². The lowest BCUT2D eigenvalue weighted by molar-refractivity contribution is -0.276. The fourth-order valence-corrected chi connectivity index (χ4v) is 1.01. The van der Waals surface area contributed by atoms with Crippen LogP contribution in [-0.4, -0.2) is 11.3 Å². The van der Waals surface area contributed by atoms with Crippen LogP contribution in [-0.2, 0) is 6.42 Å². The quantitative estimate of drug-likeness (QED) is 0.762. The zero-order valence-electron chi connectivity index (χ0n) is 7.80. The Labute approximate surface area is 84.1 Å². The van der Waals surface area contributed by atoms with Gasteiger partial charge in [-0.05, 0) is 12.5 Å². The fraction of sp³-hybridized carbons (Fsp3) is 0.333. The van der Waals surface area contributed by atoms with Crippen LogP contribution in [0.3, 0.4) is 0 Å². The number of pyridine rings is 1. The second-order valence-electron chi connectivity index (χ2n) is 2.78. The lowest BCUT2D eigenvalue weighted by Gasteiger charge is -2.09. The van der Waals surface area contributed by atoms with Crippen molar-refractivity contribution >= 4 is 0 Å². The molecule has 0 aliphatic heterocycles. The van der Waals surface area contributed by atoms with E-state index in [2.05, 4.69) is 9.72 Å². The first-order valence-corrected chi connectivity index (χ1v) is 4.01. The van der Waals surface area contributed by atoms with Crippen LogP contribution in [0.2, 0.25) is 0 Å². The van der Waals surface area contributed by atoms with E-state index < -0.39 is 12.2 Å². The van der Waals surface area contributed by atoms with E-state index in [0.717, 1.165) is 6.07 Å². The summed E-state index contributed by atoms with van der Waals surface area (Å²) in [7, 11) is 0. The van der Waals surface area contributed by atoms with Gasteiger partial charge in [0.1, 0.15) is 0 Å². The minimum absolute atomic E-state index is 0.116. The largest absolute Gasteiger partial charge is 0.574 e. The Kier molecular flexibility index (Phi) is 3.14. The first kappa shape index (κ1) is 11.3. The van der Waals surface area contributed by atoms with Crippen molar-refractivity contribution in [1.82, 2.24) is 4.98 Å². The monoisotopic (exact) mass is 216 g/mol. The third-order valence-electron chi connectivity index (χ3n) is 1.66. The summed E-state index contributed by atoms with van der Waals surface area (Å²) in [5.41, 5.74) is 0.949. The summed E-state index contributed by atoms with van der Waals surface area (Å²) < 4.78 is 39.0. The van der Waals surface area contributed by atoms with Crippen LogP contribution in [0.4, 0.5) is 13.2 Å². The second-order valence-corrected chi connectivity index (χ2v) is 2.78. The highest BCUT2D eigenvalue weighted by Gasteiger charge is 2.31. The summed E-state index contributed by atoms with van der Waals surface area (Å²) in [5, 5.41) is 8.41. The number of hydrogen-bond donors (Lipinski definition) is 0. The third-order valence-corrected chi connectivity index (χ3v) is 1.66. The number of halogens is 3. The molecule has 0 saturated carbocycles. The first-order chi connectivity index (χ1) is 6.92. The summed E-state index contributed by atoms with van der Waals surface area (Å²) in [4.78, 5) is 3.58. The van der Waals surface area contributed by atoms with E-state index >= 15 is 0 Å². The van der Waals surface area contributed by atoms with Gasteiger partial charge in [0.25, 0.3) is 0 Å². The molecule has 0 fully saturated rings. The van der Waals surface area contributed by atoms with Crippen LogP contribution in [0.5, 0.6) is 5.88 Å². The molecule has 0 bridgehead atoms. The molecule has 0 N–H and O–H groups in total. The van der Waals surface area contributed by atoms with E-state index in [1.165, 1.54) is 13.0 Å². The topological polar surface area (TPSA) is 45.9 Å². The fourth-order valence-electron chi connectivity index (χ4n) is 1.01. The minimum atomic E-state index is -4.74. The summed E-state index contributed by atoms with van der Waals surface area (Å²) in [5.74, 6) is -0.512. The van der Waals surface area contributed by atoms with Crippen molar-refractivity contribution in [3.05, 3.63) is 23.4 Å². The molecular weight excluding hydrogens is 209 g/mol. The molecule has 1 aromatic rings. The molecule has 3 nitrogen and oxygen atoms in total. The molecular formula is C9H7F3N2O. The van der Waals surface area contributed by atoms with E-state index in [9.17, 15) is 13.2 Å². The van der Waals surface area contributed by atoms with Gasteiger partial charge in [-0.25, -0.2) is 4.98 Å². The van der Waals surface area contributed by atoms with Crippen LogP contribution < -0.4 is 4.74 Å². The van der Waals surface area contributed by atoms with E-state index in [-0.39, 0.29) is 6.42 Å². The van der Waals surface area contributed by atoms with Crippen molar-refractivity contribution in [1.29, 1.82) is 5.26 Å². The van der Waals surface area contributed by atoms with Gasteiger partial charge in [-0.1, -0.05) is 6.07 Å². The Morgan fingerprint density at radius 3 is 2.60 bits per heavy atom. The Hall–Kier alpha value is -1.77. The Morgan fingerprint density at radius 2 is 2.13 bits per heavy atom. The van der Waals surface area contributed by atoms with Crippen LogP contribution in [0, 0.1) is 18.3 Å². The van der Waals surface area contributed by atoms with Crippen molar-refractivity contribution in [2.75, 3.05) is 0 Å². The minimum Gasteiger partial charge on any atom is -0.388 e. The maximum absolute atomic E-state index is 11.8. The van der Waals surface area contributed by atoms with E-state index in [4.69, 9.17) is 5.26 Å². The molecule has 0 amide bonds. The van der Waals surface area contributed by atoms with Gasteiger partial charge in [0.15, 0.2) is 0 Å². The van der Waals surface area contributed by atoms with Crippen molar-refractivity contribution in [2.24, 2.45) is 0 Å². The molecule has 0 aliphatic carbocycles. The number of rotatable bonds is 2. The van der Waals surface area contributed by atoms with Gasteiger partial charge >= 0.3 is 6.36 Å². The molecule has 1 heterocycles. The molecule has 6 heteroatoms. The van der Waals surface area contributed by atoms with Crippen molar-refractivity contribution in [2.45, 2.75) is 19.7 Å². The SMILES string of the molecule is Cc1nc(OC(F)(F)F)ccc1CC#N.